The molecule has 82 valence electrons. The maximum atomic E-state index is 5.88. The van der Waals surface area contributed by atoms with Crippen LogP contribution in [-0.4, -0.2) is 18.0 Å². The van der Waals surface area contributed by atoms with Gasteiger partial charge in [-0.15, -0.1) is 11.6 Å². The van der Waals surface area contributed by atoms with Gasteiger partial charge in [0, 0.05) is 18.0 Å². The monoisotopic (exact) mass is 215 g/mol. The van der Waals surface area contributed by atoms with Gasteiger partial charge in [-0.3, -0.25) is 0 Å². The molecule has 2 rings (SSSR count). The SMILES string of the molecule is ClCC1CCC(NC2CCCC2)CC1. The Morgan fingerprint density at radius 2 is 1.43 bits per heavy atom. The summed E-state index contributed by atoms with van der Waals surface area (Å²) in [5.41, 5.74) is 0. The summed E-state index contributed by atoms with van der Waals surface area (Å²) in [6.07, 6.45) is 11.1. The van der Waals surface area contributed by atoms with Crippen molar-refractivity contribution in [2.45, 2.75) is 63.5 Å². The lowest BCUT2D eigenvalue weighted by molar-refractivity contribution is 0.288. The van der Waals surface area contributed by atoms with Crippen molar-refractivity contribution < 1.29 is 0 Å². The van der Waals surface area contributed by atoms with Crippen molar-refractivity contribution in [3.8, 4) is 0 Å². The van der Waals surface area contributed by atoms with Crippen LogP contribution in [0.3, 0.4) is 0 Å². The minimum absolute atomic E-state index is 0.803. The van der Waals surface area contributed by atoms with Crippen molar-refractivity contribution in [2.24, 2.45) is 5.92 Å². The zero-order valence-electron chi connectivity index (χ0n) is 8.97. The Kier molecular flexibility index (Phi) is 4.12. The van der Waals surface area contributed by atoms with E-state index in [0.717, 1.165) is 23.9 Å². The average Bonchev–Trinajstić information content (AvgIpc) is 2.72. The summed E-state index contributed by atoms with van der Waals surface area (Å²) in [6, 6.07) is 1.64. The molecule has 0 aromatic rings. The highest BCUT2D eigenvalue weighted by molar-refractivity contribution is 6.18. The second-order valence-electron chi connectivity index (χ2n) is 5.02. The summed E-state index contributed by atoms with van der Waals surface area (Å²) in [7, 11) is 0. The average molecular weight is 216 g/mol. The molecule has 0 aromatic heterocycles. The van der Waals surface area contributed by atoms with Crippen LogP contribution in [0.25, 0.3) is 0 Å². The molecule has 0 aliphatic heterocycles. The highest BCUT2D eigenvalue weighted by Gasteiger charge is 2.23. The molecule has 2 heteroatoms. The Balaban J connectivity index is 1.67. The molecule has 14 heavy (non-hydrogen) atoms. The molecule has 0 bridgehead atoms. The topological polar surface area (TPSA) is 12.0 Å². The summed E-state index contributed by atoms with van der Waals surface area (Å²) in [4.78, 5) is 0. The minimum Gasteiger partial charge on any atom is -0.311 e. The van der Waals surface area contributed by atoms with E-state index in [1.54, 1.807) is 0 Å². The molecule has 2 aliphatic rings. The third-order valence-corrected chi connectivity index (χ3v) is 4.33. The van der Waals surface area contributed by atoms with E-state index in [-0.39, 0.29) is 0 Å². The van der Waals surface area contributed by atoms with Crippen molar-refractivity contribution >= 4 is 11.6 Å². The van der Waals surface area contributed by atoms with Gasteiger partial charge >= 0.3 is 0 Å². The van der Waals surface area contributed by atoms with Crippen molar-refractivity contribution in [3.05, 3.63) is 0 Å². The predicted octanol–water partition coefficient (Wildman–Crippen LogP) is 3.32. The number of hydrogen-bond donors (Lipinski definition) is 1. The molecular weight excluding hydrogens is 194 g/mol. The van der Waals surface area contributed by atoms with Gasteiger partial charge in [0.1, 0.15) is 0 Å². The fourth-order valence-corrected chi connectivity index (χ4v) is 3.22. The molecule has 2 saturated carbocycles. The Morgan fingerprint density at radius 1 is 0.857 bits per heavy atom. The Bertz CT molecular complexity index is 158. The van der Waals surface area contributed by atoms with Crippen LogP contribution in [0.2, 0.25) is 0 Å². The lowest BCUT2D eigenvalue weighted by Gasteiger charge is -2.30. The maximum absolute atomic E-state index is 5.88. The highest BCUT2D eigenvalue weighted by Crippen LogP contribution is 2.27. The molecule has 0 saturated heterocycles. The first-order chi connectivity index (χ1) is 6.88. The van der Waals surface area contributed by atoms with Crippen LogP contribution in [0.15, 0.2) is 0 Å². The van der Waals surface area contributed by atoms with Gasteiger partial charge < -0.3 is 5.32 Å². The number of alkyl halides is 1. The molecular formula is C12H22ClN. The zero-order chi connectivity index (χ0) is 9.80. The summed E-state index contributed by atoms with van der Waals surface area (Å²) in [6.45, 7) is 0. The predicted molar refractivity (Wildman–Crippen MR) is 61.9 cm³/mol. The molecule has 0 atom stereocenters. The van der Waals surface area contributed by atoms with Gasteiger partial charge in [-0.25, -0.2) is 0 Å². The number of rotatable bonds is 3. The van der Waals surface area contributed by atoms with E-state index in [4.69, 9.17) is 11.6 Å². The second-order valence-corrected chi connectivity index (χ2v) is 5.33. The first-order valence-corrected chi connectivity index (χ1v) is 6.74. The van der Waals surface area contributed by atoms with Crippen molar-refractivity contribution in [1.29, 1.82) is 0 Å². The third kappa shape index (κ3) is 2.87. The molecule has 2 aliphatic carbocycles. The van der Waals surface area contributed by atoms with Gasteiger partial charge in [0.15, 0.2) is 0 Å². The summed E-state index contributed by atoms with van der Waals surface area (Å²) >= 11 is 5.88. The Morgan fingerprint density at radius 3 is 2.00 bits per heavy atom. The van der Waals surface area contributed by atoms with Gasteiger partial charge in [0.25, 0.3) is 0 Å². The van der Waals surface area contributed by atoms with E-state index in [0.29, 0.717) is 0 Å². The standard InChI is InChI=1S/C12H22ClN/c13-9-10-5-7-12(8-6-10)14-11-3-1-2-4-11/h10-12,14H,1-9H2. The van der Waals surface area contributed by atoms with Crippen molar-refractivity contribution in [3.63, 3.8) is 0 Å². The second kappa shape index (κ2) is 5.37. The normalized spacial score (nSPS) is 34.9. The summed E-state index contributed by atoms with van der Waals surface area (Å²) in [5, 5.41) is 3.82. The van der Waals surface area contributed by atoms with E-state index in [1.807, 2.05) is 0 Å². The van der Waals surface area contributed by atoms with Crippen LogP contribution in [-0.2, 0) is 0 Å². The maximum Gasteiger partial charge on any atom is 0.0251 e. The first kappa shape index (κ1) is 10.8. The molecule has 0 amide bonds. The molecule has 0 heterocycles. The van der Waals surface area contributed by atoms with Gasteiger partial charge in [-0.1, -0.05) is 12.8 Å². The smallest absolute Gasteiger partial charge is 0.0251 e. The van der Waals surface area contributed by atoms with Gasteiger partial charge in [0.2, 0.25) is 0 Å². The van der Waals surface area contributed by atoms with Crippen LogP contribution in [0.1, 0.15) is 51.4 Å². The number of halogens is 1. The first-order valence-electron chi connectivity index (χ1n) is 6.20. The Labute approximate surface area is 92.6 Å². The molecule has 1 N–H and O–H groups in total. The molecule has 0 radical (unpaired) electrons. The van der Waals surface area contributed by atoms with Crippen LogP contribution < -0.4 is 5.32 Å². The number of hydrogen-bond acceptors (Lipinski definition) is 1. The summed E-state index contributed by atoms with van der Waals surface area (Å²) in [5.74, 6) is 1.68. The summed E-state index contributed by atoms with van der Waals surface area (Å²) < 4.78 is 0. The number of nitrogens with one attached hydrogen (secondary N) is 1. The molecule has 0 aromatic carbocycles. The van der Waals surface area contributed by atoms with E-state index < -0.39 is 0 Å². The molecule has 2 fully saturated rings. The van der Waals surface area contributed by atoms with Crippen LogP contribution in [0.5, 0.6) is 0 Å². The Hall–Kier alpha value is 0.250. The molecule has 1 nitrogen and oxygen atoms in total. The lowest BCUT2D eigenvalue weighted by atomic mass is 9.87. The van der Waals surface area contributed by atoms with E-state index in [1.165, 1.54) is 51.4 Å². The van der Waals surface area contributed by atoms with Crippen LogP contribution >= 0.6 is 11.6 Å². The fourth-order valence-electron chi connectivity index (χ4n) is 2.91. The fraction of sp³-hybridized carbons (Fsp3) is 1.00. The highest BCUT2D eigenvalue weighted by atomic mass is 35.5. The third-order valence-electron chi connectivity index (χ3n) is 3.89. The van der Waals surface area contributed by atoms with E-state index in [9.17, 15) is 0 Å². The lowest BCUT2D eigenvalue weighted by Crippen LogP contribution is -2.39. The van der Waals surface area contributed by atoms with E-state index in [2.05, 4.69) is 5.32 Å². The largest absolute Gasteiger partial charge is 0.311 e. The van der Waals surface area contributed by atoms with Crippen LogP contribution in [0.4, 0.5) is 0 Å². The molecule has 0 spiro atoms. The van der Waals surface area contributed by atoms with Crippen molar-refractivity contribution in [1.82, 2.24) is 5.32 Å². The van der Waals surface area contributed by atoms with Gasteiger partial charge in [0.05, 0.1) is 0 Å². The van der Waals surface area contributed by atoms with Gasteiger partial charge in [-0.05, 0) is 44.4 Å². The van der Waals surface area contributed by atoms with Gasteiger partial charge in [-0.2, -0.15) is 0 Å². The quantitative estimate of drug-likeness (QED) is 0.713. The van der Waals surface area contributed by atoms with Crippen LogP contribution in [0, 0.1) is 5.92 Å². The zero-order valence-corrected chi connectivity index (χ0v) is 9.73. The minimum atomic E-state index is 0.803. The van der Waals surface area contributed by atoms with Crippen molar-refractivity contribution in [2.75, 3.05) is 5.88 Å². The molecule has 0 unspecified atom stereocenters. The van der Waals surface area contributed by atoms with E-state index >= 15 is 0 Å².